The van der Waals surface area contributed by atoms with E-state index in [-0.39, 0.29) is 11.9 Å². The zero-order valence-corrected chi connectivity index (χ0v) is 13.7. The molecule has 0 spiro atoms. The van der Waals surface area contributed by atoms with Crippen molar-refractivity contribution in [1.82, 2.24) is 4.90 Å². The summed E-state index contributed by atoms with van der Waals surface area (Å²) in [6.07, 6.45) is 2.49. The van der Waals surface area contributed by atoms with Crippen molar-refractivity contribution in [2.24, 2.45) is 10.9 Å². The largest absolute Gasteiger partial charge is 0.493 e. The lowest BCUT2D eigenvalue weighted by molar-refractivity contribution is 0.0846. The summed E-state index contributed by atoms with van der Waals surface area (Å²) in [7, 11) is 3.20. The zero-order chi connectivity index (χ0) is 16.1. The van der Waals surface area contributed by atoms with Crippen LogP contribution < -0.4 is 14.4 Å². The number of aliphatic imine (C=N–C) groups is 1. The molecule has 1 aromatic carbocycles. The monoisotopic (exact) mass is 315 g/mol. The molecule has 4 rings (SSSR count). The van der Waals surface area contributed by atoms with Crippen LogP contribution >= 0.6 is 0 Å². The first kappa shape index (κ1) is 14.4. The number of hydrogen-bond donors (Lipinski definition) is 0. The molecule has 3 aliphatic rings. The van der Waals surface area contributed by atoms with Gasteiger partial charge in [-0.15, -0.1) is 0 Å². The molecule has 1 fully saturated rings. The van der Waals surface area contributed by atoms with Gasteiger partial charge in [0.15, 0.2) is 11.5 Å². The summed E-state index contributed by atoms with van der Waals surface area (Å²) in [6, 6.07) is 3.82. The number of nitrogens with zero attached hydrogens (tertiary/aromatic N) is 3. The number of carbonyl (C=O) groups is 1. The third-order valence-electron chi connectivity index (χ3n) is 4.67. The van der Waals surface area contributed by atoms with Gasteiger partial charge in [-0.3, -0.25) is 9.69 Å². The van der Waals surface area contributed by atoms with Gasteiger partial charge >= 0.3 is 0 Å². The lowest BCUT2D eigenvalue weighted by Gasteiger charge is -2.36. The Hall–Kier alpha value is -2.24. The van der Waals surface area contributed by atoms with Gasteiger partial charge in [0, 0.05) is 12.6 Å². The van der Waals surface area contributed by atoms with E-state index in [0.717, 1.165) is 18.2 Å². The highest BCUT2D eigenvalue weighted by Gasteiger charge is 2.41. The second-order valence-corrected chi connectivity index (χ2v) is 6.47. The summed E-state index contributed by atoms with van der Waals surface area (Å²) < 4.78 is 10.8. The van der Waals surface area contributed by atoms with Gasteiger partial charge in [-0.05, 0) is 31.7 Å². The Morgan fingerprint density at radius 3 is 2.57 bits per heavy atom. The predicted octanol–water partition coefficient (Wildman–Crippen LogP) is 2.13. The van der Waals surface area contributed by atoms with Gasteiger partial charge in [0.2, 0.25) is 5.96 Å². The van der Waals surface area contributed by atoms with Crippen molar-refractivity contribution in [3.05, 3.63) is 17.7 Å². The Morgan fingerprint density at radius 2 is 1.91 bits per heavy atom. The number of amides is 1. The van der Waals surface area contributed by atoms with Crippen molar-refractivity contribution >= 4 is 17.6 Å². The van der Waals surface area contributed by atoms with Gasteiger partial charge in [-0.2, -0.15) is 0 Å². The van der Waals surface area contributed by atoms with Crippen molar-refractivity contribution in [3.8, 4) is 11.5 Å². The fraction of sp³-hybridized carbons (Fsp3) is 0.529. The summed E-state index contributed by atoms with van der Waals surface area (Å²) >= 11 is 0. The topological polar surface area (TPSA) is 54.4 Å². The average molecular weight is 315 g/mol. The number of ether oxygens (including phenoxy) is 2. The molecular formula is C17H21N3O3. The van der Waals surface area contributed by atoms with Crippen LogP contribution in [-0.4, -0.2) is 50.1 Å². The third-order valence-corrected chi connectivity index (χ3v) is 4.67. The van der Waals surface area contributed by atoms with E-state index < -0.39 is 0 Å². The van der Waals surface area contributed by atoms with E-state index >= 15 is 0 Å². The number of anilines is 1. The minimum atomic E-state index is -0.00361. The first-order valence-corrected chi connectivity index (χ1v) is 8.05. The SMILES string of the molecule is COc1cc2c(cc1OC)N(CC1CC1)C1=NC(C)CN1C2=O. The molecule has 0 saturated heterocycles. The number of guanidine groups is 1. The highest BCUT2D eigenvalue weighted by Crippen LogP contribution is 2.41. The molecule has 1 amide bonds. The summed E-state index contributed by atoms with van der Waals surface area (Å²) in [4.78, 5) is 21.5. The maximum absolute atomic E-state index is 12.9. The number of methoxy groups -OCH3 is 2. The van der Waals surface area contributed by atoms with E-state index in [1.807, 2.05) is 13.0 Å². The maximum Gasteiger partial charge on any atom is 0.262 e. The molecule has 122 valence electrons. The van der Waals surface area contributed by atoms with Crippen molar-refractivity contribution in [2.75, 3.05) is 32.2 Å². The van der Waals surface area contributed by atoms with E-state index in [1.54, 1.807) is 25.2 Å². The average Bonchev–Trinajstić information content (AvgIpc) is 3.29. The molecule has 0 N–H and O–H groups in total. The molecule has 0 radical (unpaired) electrons. The first-order chi connectivity index (χ1) is 11.1. The van der Waals surface area contributed by atoms with Crippen LogP contribution in [0.1, 0.15) is 30.1 Å². The molecule has 0 aromatic heterocycles. The molecule has 23 heavy (non-hydrogen) atoms. The summed E-state index contributed by atoms with van der Waals surface area (Å²) in [6.45, 7) is 3.58. The third kappa shape index (κ3) is 2.24. The molecule has 1 unspecified atom stereocenters. The van der Waals surface area contributed by atoms with Crippen LogP contribution in [0.25, 0.3) is 0 Å². The fourth-order valence-corrected chi connectivity index (χ4v) is 3.30. The highest BCUT2D eigenvalue weighted by molar-refractivity contribution is 6.19. The molecule has 1 aromatic rings. The minimum Gasteiger partial charge on any atom is -0.493 e. The van der Waals surface area contributed by atoms with Gasteiger partial charge in [-0.1, -0.05) is 0 Å². The van der Waals surface area contributed by atoms with Crippen molar-refractivity contribution in [1.29, 1.82) is 0 Å². The molecule has 1 atom stereocenters. The standard InChI is InChI=1S/C17H21N3O3/c1-10-8-20-16(21)12-6-14(22-2)15(23-3)7-13(12)19(17(20)18-10)9-11-4-5-11/h6-7,10-11H,4-5,8-9H2,1-3H3. The quantitative estimate of drug-likeness (QED) is 0.854. The second-order valence-electron chi connectivity index (χ2n) is 6.47. The van der Waals surface area contributed by atoms with Gasteiger partial charge in [0.05, 0.1) is 38.1 Å². The predicted molar refractivity (Wildman–Crippen MR) is 87.5 cm³/mol. The van der Waals surface area contributed by atoms with E-state index in [0.29, 0.717) is 29.5 Å². The normalized spacial score (nSPS) is 22.7. The Bertz CT molecular complexity index is 697. The molecule has 6 heteroatoms. The van der Waals surface area contributed by atoms with Gasteiger partial charge in [-0.25, -0.2) is 4.99 Å². The Kier molecular flexibility index (Phi) is 3.21. The zero-order valence-electron chi connectivity index (χ0n) is 13.7. The van der Waals surface area contributed by atoms with Crippen molar-refractivity contribution in [3.63, 3.8) is 0 Å². The van der Waals surface area contributed by atoms with Crippen molar-refractivity contribution < 1.29 is 14.3 Å². The van der Waals surface area contributed by atoms with Crippen LogP contribution in [0.5, 0.6) is 11.5 Å². The number of fused-ring (bicyclic) bond motifs is 2. The van der Waals surface area contributed by atoms with Gasteiger partial charge in [0.25, 0.3) is 5.91 Å². The van der Waals surface area contributed by atoms with Crippen LogP contribution in [0.3, 0.4) is 0 Å². The van der Waals surface area contributed by atoms with Crippen LogP contribution in [0, 0.1) is 5.92 Å². The van der Waals surface area contributed by atoms with Crippen LogP contribution in [0.15, 0.2) is 17.1 Å². The highest BCUT2D eigenvalue weighted by atomic mass is 16.5. The summed E-state index contributed by atoms with van der Waals surface area (Å²) in [5.74, 6) is 2.69. The molecule has 2 aliphatic heterocycles. The first-order valence-electron chi connectivity index (χ1n) is 8.05. The molecule has 1 saturated carbocycles. The molecule has 0 bridgehead atoms. The van der Waals surface area contributed by atoms with Gasteiger partial charge in [0.1, 0.15) is 0 Å². The lowest BCUT2D eigenvalue weighted by atomic mass is 10.1. The number of benzene rings is 1. The van der Waals surface area contributed by atoms with E-state index in [1.165, 1.54) is 12.8 Å². The smallest absolute Gasteiger partial charge is 0.262 e. The number of rotatable bonds is 4. The minimum absolute atomic E-state index is 0.00361. The molecule has 1 aliphatic carbocycles. The summed E-state index contributed by atoms with van der Waals surface area (Å²) in [5, 5.41) is 0. The summed E-state index contributed by atoms with van der Waals surface area (Å²) in [5.41, 5.74) is 1.54. The van der Waals surface area contributed by atoms with E-state index in [9.17, 15) is 4.79 Å². The van der Waals surface area contributed by atoms with E-state index in [2.05, 4.69) is 4.90 Å². The Labute approximate surface area is 135 Å². The van der Waals surface area contributed by atoms with E-state index in [4.69, 9.17) is 14.5 Å². The number of hydrogen-bond acceptors (Lipinski definition) is 5. The molecule has 6 nitrogen and oxygen atoms in total. The number of carbonyl (C=O) groups excluding carboxylic acids is 1. The molecular weight excluding hydrogens is 294 g/mol. The van der Waals surface area contributed by atoms with Crippen molar-refractivity contribution in [2.45, 2.75) is 25.8 Å². The van der Waals surface area contributed by atoms with Crippen LogP contribution in [-0.2, 0) is 0 Å². The van der Waals surface area contributed by atoms with Crippen LogP contribution in [0.2, 0.25) is 0 Å². The van der Waals surface area contributed by atoms with Gasteiger partial charge < -0.3 is 14.4 Å². The fourth-order valence-electron chi connectivity index (χ4n) is 3.30. The lowest BCUT2D eigenvalue weighted by Crippen LogP contribution is -2.50. The Morgan fingerprint density at radius 1 is 1.22 bits per heavy atom. The van der Waals surface area contributed by atoms with Crippen LogP contribution in [0.4, 0.5) is 5.69 Å². The Balaban J connectivity index is 1.85. The maximum atomic E-state index is 12.9. The second kappa shape index (κ2) is 5.15. The molecule has 2 heterocycles.